The number of aliphatic carboxylic acids is 1. The van der Waals surface area contributed by atoms with Gasteiger partial charge in [-0.1, -0.05) is 38.3 Å². The van der Waals surface area contributed by atoms with Crippen LogP contribution in [0.15, 0.2) is 24.3 Å². The summed E-state index contributed by atoms with van der Waals surface area (Å²) in [7, 11) is 0. The maximum absolute atomic E-state index is 14.3. The van der Waals surface area contributed by atoms with Crippen LogP contribution >= 0.6 is 0 Å². The molecule has 6 nitrogen and oxygen atoms in total. The highest BCUT2D eigenvalue weighted by Gasteiger charge is 2.44. The Morgan fingerprint density at radius 3 is 2.58 bits per heavy atom. The molecular formula is C33H47FN4O2. The summed E-state index contributed by atoms with van der Waals surface area (Å²) < 4.78 is 16.6. The molecule has 40 heavy (non-hydrogen) atoms. The molecule has 0 unspecified atom stereocenters. The van der Waals surface area contributed by atoms with Crippen LogP contribution in [-0.4, -0.2) is 69.9 Å². The highest BCUT2D eigenvalue weighted by Crippen LogP contribution is 2.42. The molecule has 4 heterocycles. The molecule has 2 aromatic rings. The SMILES string of the molecule is CCc1nn2c(c1C1CCN(C[C@@H]3CN(CC4(C(=O)O)CCCCC4)C[C@@H]3c3cccc(F)c3)CC1)CCCC2. The number of piperidine rings is 1. The van der Waals surface area contributed by atoms with Gasteiger partial charge in [0.25, 0.3) is 0 Å². The van der Waals surface area contributed by atoms with E-state index in [2.05, 4.69) is 27.5 Å². The van der Waals surface area contributed by atoms with Gasteiger partial charge in [0.1, 0.15) is 5.82 Å². The van der Waals surface area contributed by atoms with Crippen molar-refractivity contribution in [3.05, 3.63) is 52.6 Å². The number of fused-ring (bicyclic) bond motifs is 1. The van der Waals surface area contributed by atoms with E-state index >= 15 is 0 Å². The standard InChI is InChI=1S/C33H47FN4O2/c1-2-29-31(30-11-4-7-16-38(30)35-29)24-12-17-36(18-13-24)20-26-21-37(22-28(26)25-9-8-10-27(34)19-25)23-33(32(39)40)14-5-3-6-15-33/h8-10,19,24,26,28H,2-7,11-18,20-23H2,1H3,(H,39,40)/t26-,28-/m1/s1. The largest absolute Gasteiger partial charge is 0.481 e. The van der Waals surface area contributed by atoms with Crippen molar-refractivity contribution in [2.45, 2.75) is 95.9 Å². The Hall–Kier alpha value is -2.25. The first kappa shape index (κ1) is 27.9. The van der Waals surface area contributed by atoms with Crippen LogP contribution in [0.3, 0.4) is 0 Å². The minimum atomic E-state index is -0.631. The van der Waals surface area contributed by atoms with Crippen molar-refractivity contribution in [3.63, 3.8) is 0 Å². The fraction of sp³-hybridized carbons (Fsp3) is 0.697. The van der Waals surface area contributed by atoms with Crippen molar-refractivity contribution < 1.29 is 14.3 Å². The molecule has 7 heteroatoms. The molecule has 4 aliphatic rings. The molecule has 3 aliphatic heterocycles. The van der Waals surface area contributed by atoms with Gasteiger partial charge in [0, 0.05) is 44.3 Å². The van der Waals surface area contributed by atoms with Gasteiger partial charge >= 0.3 is 5.97 Å². The zero-order chi connectivity index (χ0) is 27.7. The number of hydrogen-bond donors (Lipinski definition) is 1. The Morgan fingerprint density at radius 1 is 1.05 bits per heavy atom. The van der Waals surface area contributed by atoms with E-state index in [0.29, 0.717) is 18.4 Å². The molecular weight excluding hydrogens is 503 g/mol. The lowest BCUT2D eigenvalue weighted by atomic mass is 9.73. The second-order valence-corrected chi connectivity index (χ2v) is 13.2. The van der Waals surface area contributed by atoms with E-state index in [9.17, 15) is 14.3 Å². The highest BCUT2D eigenvalue weighted by molar-refractivity contribution is 5.75. The first-order chi connectivity index (χ1) is 19.5. The van der Waals surface area contributed by atoms with Gasteiger partial charge < -0.3 is 14.9 Å². The smallest absolute Gasteiger partial charge is 0.310 e. The van der Waals surface area contributed by atoms with Crippen molar-refractivity contribution in [1.29, 1.82) is 0 Å². The number of carbonyl (C=O) groups is 1. The third kappa shape index (κ3) is 5.61. The van der Waals surface area contributed by atoms with Crippen molar-refractivity contribution in [1.82, 2.24) is 19.6 Å². The van der Waals surface area contributed by atoms with E-state index in [-0.39, 0.29) is 11.7 Å². The summed E-state index contributed by atoms with van der Waals surface area (Å²) in [6.07, 6.45) is 11.8. The van der Waals surface area contributed by atoms with Crippen molar-refractivity contribution in [3.8, 4) is 0 Å². The van der Waals surface area contributed by atoms with Gasteiger partial charge in [-0.3, -0.25) is 9.48 Å². The number of benzene rings is 1. The Labute approximate surface area is 238 Å². The Bertz CT molecular complexity index is 1180. The molecule has 1 aliphatic carbocycles. The average molecular weight is 551 g/mol. The van der Waals surface area contributed by atoms with Crippen molar-refractivity contribution >= 4 is 5.97 Å². The van der Waals surface area contributed by atoms with E-state index in [1.165, 1.54) is 49.6 Å². The van der Waals surface area contributed by atoms with Gasteiger partial charge in [-0.2, -0.15) is 5.10 Å². The van der Waals surface area contributed by atoms with Gasteiger partial charge in [-0.05, 0) is 99.6 Å². The molecule has 2 saturated heterocycles. The molecule has 1 saturated carbocycles. The van der Waals surface area contributed by atoms with E-state index in [1.807, 2.05) is 6.07 Å². The summed E-state index contributed by atoms with van der Waals surface area (Å²) in [6.45, 7) is 8.83. The second kappa shape index (κ2) is 11.9. The molecule has 1 aromatic heterocycles. The zero-order valence-electron chi connectivity index (χ0n) is 24.3. The summed E-state index contributed by atoms with van der Waals surface area (Å²) in [5, 5.41) is 15.2. The molecule has 3 fully saturated rings. The Kier molecular flexibility index (Phi) is 8.32. The van der Waals surface area contributed by atoms with Gasteiger partial charge in [0.05, 0.1) is 11.1 Å². The minimum absolute atomic E-state index is 0.180. The van der Waals surface area contributed by atoms with Crippen LogP contribution in [-0.2, 0) is 24.2 Å². The second-order valence-electron chi connectivity index (χ2n) is 13.2. The van der Waals surface area contributed by atoms with Crippen LogP contribution < -0.4 is 0 Å². The number of halogens is 1. The number of carboxylic acid groups (broad SMARTS) is 1. The van der Waals surface area contributed by atoms with Gasteiger partial charge in [-0.15, -0.1) is 0 Å². The maximum Gasteiger partial charge on any atom is 0.310 e. The third-order valence-electron chi connectivity index (χ3n) is 10.6. The molecule has 0 spiro atoms. The monoisotopic (exact) mass is 550 g/mol. The summed E-state index contributed by atoms with van der Waals surface area (Å²) in [5.41, 5.74) is 4.84. The van der Waals surface area contributed by atoms with E-state index in [1.54, 1.807) is 11.6 Å². The highest BCUT2D eigenvalue weighted by atomic mass is 19.1. The molecule has 218 valence electrons. The fourth-order valence-electron chi connectivity index (χ4n) is 8.52. The number of nitrogens with zero attached hydrogens (tertiary/aromatic N) is 4. The predicted octanol–water partition coefficient (Wildman–Crippen LogP) is 5.85. The summed E-state index contributed by atoms with van der Waals surface area (Å²) >= 11 is 0. The normalized spacial score (nSPS) is 26.1. The average Bonchev–Trinajstić information content (AvgIpc) is 3.54. The number of aryl methyl sites for hydroxylation is 2. The van der Waals surface area contributed by atoms with Crippen LogP contribution in [0.5, 0.6) is 0 Å². The lowest BCUT2D eigenvalue weighted by Crippen LogP contribution is -2.44. The fourth-order valence-corrected chi connectivity index (χ4v) is 8.52. The minimum Gasteiger partial charge on any atom is -0.481 e. The molecule has 6 rings (SSSR count). The quantitative estimate of drug-likeness (QED) is 0.447. The summed E-state index contributed by atoms with van der Waals surface area (Å²) in [4.78, 5) is 17.5. The zero-order valence-corrected chi connectivity index (χ0v) is 24.3. The van der Waals surface area contributed by atoms with Crippen molar-refractivity contribution in [2.75, 3.05) is 39.3 Å². The van der Waals surface area contributed by atoms with E-state index in [0.717, 1.165) is 83.4 Å². The van der Waals surface area contributed by atoms with E-state index < -0.39 is 11.4 Å². The Balaban J connectivity index is 1.15. The van der Waals surface area contributed by atoms with E-state index in [4.69, 9.17) is 5.10 Å². The third-order valence-corrected chi connectivity index (χ3v) is 10.6. The number of carboxylic acids is 1. The van der Waals surface area contributed by atoms with Crippen LogP contribution in [0.1, 0.15) is 99.1 Å². The molecule has 1 aromatic carbocycles. The maximum atomic E-state index is 14.3. The number of likely N-dealkylation sites (tertiary alicyclic amines) is 2. The molecule has 0 bridgehead atoms. The first-order valence-electron chi connectivity index (χ1n) is 16.0. The predicted molar refractivity (Wildman–Crippen MR) is 155 cm³/mol. The van der Waals surface area contributed by atoms with Gasteiger partial charge in [0.15, 0.2) is 0 Å². The first-order valence-corrected chi connectivity index (χ1v) is 16.0. The lowest BCUT2D eigenvalue weighted by Gasteiger charge is -2.37. The number of hydrogen-bond acceptors (Lipinski definition) is 4. The van der Waals surface area contributed by atoms with Crippen LogP contribution in [0.2, 0.25) is 0 Å². The molecule has 1 N–H and O–H groups in total. The number of aromatic nitrogens is 2. The van der Waals surface area contributed by atoms with Crippen LogP contribution in [0.25, 0.3) is 0 Å². The number of rotatable bonds is 8. The van der Waals surface area contributed by atoms with Gasteiger partial charge in [-0.25, -0.2) is 4.39 Å². The molecule has 0 radical (unpaired) electrons. The summed E-state index contributed by atoms with van der Waals surface area (Å²) in [5.74, 6) is 0.406. The van der Waals surface area contributed by atoms with Crippen LogP contribution in [0.4, 0.5) is 4.39 Å². The molecule has 0 amide bonds. The summed E-state index contributed by atoms with van der Waals surface area (Å²) in [6, 6.07) is 7.13. The molecule has 2 atom stereocenters. The van der Waals surface area contributed by atoms with Crippen molar-refractivity contribution in [2.24, 2.45) is 11.3 Å². The van der Waals surface area contributed by atoms with Crippen LogP contribution in [0, 0.1) is 17.2 Å². The van der Waals surface area contributed by atoms with Gasteiger partial charge in [0.2, 0.25) is 0 Å². The Morgan fingerprint density at radius 2 is 1.85 bits per heavy atom. The lowest BCUT2D eigenvalue weighted by molar-refractivity contribution is -0.152. The topological polar surface area (TPSA) is 61.6 Å².